The third kappa shape index (κ3) is 9.74. The molecular formula is C19H25F3IN5OS. The summed E-state index contributed by atoms with van der Waals surface area (Å²) in [6.07, 6.45) is -3.36. The van der Waals surface area contributed by atoms with Crippen LogP contribution in [-0.4, -0.2) is 43.0 Å². The Morgan fingerprint density at radius 1 is 1.10 bits per heavy atom. The highest BCUT2D eigenvalue weighted by Crippen LogP contribution is 2.29. The number of halogens is 4. The van der Waals surface area contributed by atoms with E-state index in [1.165, 1.54) is 0 Å². The molecule has 0 aliphatic carbocycles. The van der Waals surface area contributed by atoms with E-state index in [1.807, 2.05) is 37.3 Å². The van der Waals surface area contributed by atoms with E-state index in [-0.39, 0.29) is 36.4 Å². The number of carbonyl (C=O) groups is 1. The Morgan fingerprint density at radius 3 is 2.43 bits per heavy atom. The second kappa shape index (κ2) is 13.4. The molecule has 0 unspecified atom stereocenters. The molecule has 0 atom stereocenters. The van der Waals surface area contributed by atoms with E-state index in [2.05, 4.69) is 25.9 Å². The maximum Gasteiger partial charge on any atom is 0.434 e. The molecule has 0 spiro atoms. The van der Waals surface area contributed by atoms with Gasteiger partial charge in [0.05, 0.1) is 5.01 Å². The average Bonchev–Trinajstić information content (AvgIpc) is 3.16. The summed E-state index contributed by atoms with van der Waals surface area (Å²) in [4.78, 5) is 19.7. The molecule has 2 rings (SSSR count). The van der Waals surface area contributed by atoms with E-state index in [4.69, 9.17) is 0 Å². The Morgan fingerprint density at radius 2 is 1.80 bits per heavy atom. The van der Waals surface area contributed by atoms with Gasteiger partial charge < -0.3 is 16.0 Å². The summed E-state index contributed by atoms with van der Waals surface area (Å²) in [7, 11) is 0. The highest BCUT2D eigenvalue weighted by molar-refractivity contribution is 14.0. The van der Waals surface area contributed by atoms with Crippen molar-refractivity contribution in [2.45, 2.75) is 25.9 Å². The van der Waals surface area contributed by atoms with Crippen LogP contribution in [0, 0.1) is 0 Å². The van der Waals surface area contributed by atoms with E-state index in [9.17, 15) is 18.0 Å². The normalized spacial score (nSPS) is 11.5. The summed E-state index contributed by atoms with van der Waals surface area (Å²) in [5, 5.41) is 10.2. The van der Waals surface area contributed by atoms with Crippen LogP contribution in [0.4, 0.5) is 13.2 Å². The molecule has 0 fully saturated rings. The molecule has 11 heteroatoms. The van der Waals surface area contributed by atoms with Gasteiger partial charge in [-0.15, -0.1) is 35.3 Å². The predicted molar refractivity (Wildman–Crippen MR) is 123 cm³/mol. The van der Waals surface area contributed by atoms with Crippen molar-refractivity contribution in [1.82, 2.24) is 20.9 Å². The Kier molecular flexibility index (Phi) is 11.7. The van der Waals surface area contributed by atoms with E-state index >= 15 is 0 Å². The molecule has 0 saturated carbocycles. The Labute approximate surface area is 194 Å². The van der Waals surface area contributed by atoms with Crippen molar-refractivity contribution in [3.63, 3.8) is 0 Å². The summed E-state index contributed by atoms with van der Waals surface area (Å²) in [5.41, 5.74) is 0.271. The molecule has 1 aromatic heterocycles. The zero-order valence-corrected chi connectivity index (χ0v) is 19.6. The van der Waals surface area contributed by atoms with Gasteiger partial charge in [-0.25, -0.2) is 9.98 Å². The Bertz CT molecular complexity index is 799. The molecule has 6 nitrogen and oxygen atoms in total. The number of aromatic nitrogens is 1. The molecule has 0 radical (unpaired) electrons. The van der Waals surface area contributed by atoms with Gasteiger partial charge in [-0.1, -0.05) is 30.3 Å². The zero-order valence-electron chi connectivity index (χ0n) is 16.5. The first-order valence-electron chi connectivity index (χ1n) is 9.23. The minimum atomic E-state index is -4.42. The summed E-state index contributed by atoms with van der Waals surface area (Å²) < 4.78 is 37.7. The number of benzene rings is 1. The molecule has 166 valence electrons. The molecule has 3 N–H and O–H groups in total. The van der Waals surface area contributed by atoms with Gasteiger partial charge in [-0.3, -0.25) is 4.79 Å². The maximum absolute atomic E-state index is 12.6. The third-order valence-electron chi connectivity index (χ3n) is 3.78. The lowest BCUT2D eigenvalue weighted by molar-refractivity contribution is -0.140. The SMILES string of the molecule is CCNC(=NCC(=O)NCCc1ccccc1)NCCc1nc(C(F)(F)F)cs1.I. The molecule has 30 heavy (non-hydrogen) atoms. The van der Waals surface area contributed by atoms with E-state index in [0.29, 0.717) is 37.0 Å². The number of rotatable bonds is 9. The number of guanidine groups is 1. The van der Waals surface area contributed by atoms with Crippen molar-refractivity contribution in [3.05, 3.63) is 52.0 Å². The Hall–Kier alpha value is -1.89. The first-order valence-corrected chi connectivity index (χ1v) is 10.1. The van der Waals surface area contributed by atoms with Crippen molar-refractivity contribution in [2.75, 3.05) is 26.2 Å². The second-order valence-electron chi connectivity index (χ2n) is 6.08. The fourth-order valence-corrected chi connectivity index (χ4v) is 3.19. The minimum Gasteiger partial charge on any atom is -0.357 e. The largest absolute Gasteiger partial charge is 0.434 e. The van der Waals surface area contributed by atoms with Crippen molar-refractivity contribution in [1.29, 1.82) is 0 Å². The molecule has 0 aliphatic heterocycles. The molecule has 0 bridgehead atoms. The number of nitrogens with zero attached hydrogens (tertiary/aromatic N) is 2. The first-order chi connectivity index (χ1) is 13.9. The van der Waals surface area contributed by atoms with Gasteiger partial charge in [0.25, 0.3) is 0 Å². The molecule has 1 heterocycles. The van der Waals surface area contributed by atoms with Gasteiger partial charge in [-0.05, 0) is 18.9 Å². The summed E-state index contributed by atoms with van der Waals surface area (Å²) in [5.74, 6) is 0.228. The van der Waals surface area contributed by atoms with Gasteiger partial charge in [0.2, 0.25) is 5.91 Å². The predicted octanol–water partition coefficient (Wildman–Crippen LogP) is 3.24. The molecule has 1 aromatic carbocycles. The zero-order chi connectivity index (χ0) is 21.1. The van der Waals surface area contributed by atoms with E-state index < -0.39 is 11.9 Å². The second-order valence-corrected chi connectivity index (χ2v) is 7.02. The third-order valence-corrected chi connectivity index (χ3v) is 4.69. The van der Waals surface area contributed by atoms with Crippen LogP contribution in [-0.2, 0) is 23.8 Å². The van der Waals surface area contributed by atoms with Crippen LogP contribution in [0.25, 0.3) is 0 Å². The lowest BCUT2D eigenvalue weighted by atomic mass is 10.1. The summed E-state index contributed by atoms with van der Waals surface area (Å²) >= 11 is 0.971. The topological polar surface area (TPSA) is 78.4 Å². The maximum atomic E-state index is 12.6. The molecule has 2 aromatic rings. The van der Waals surface area contributed by atoms with Gasteiger partial charge in [-0.2, -0.15) is 13.2 Å². The first kappa shape index (κ1) is 26.1. The highest BCUT2D eigenvalue weighted by Gasteiger charge is 2.33. The number of hydrogen-bond donors (Lipinski definition) is 3. The van der Waals surface area contributed by atoms with Crippen LogP contribution in [0.1, 0.15) is 23.2 Å². The van der Waals surface area contributed by atoms with Gasteiger partial charge in [0, 0.05) is 31.4 Å². The van der Waals surface area contributed by atoms with Crippen LogP contribution < -0.4 is 16.0 Å². The number of nitrogens with one attached hydrogen (secondary N) is 3. The van der Waals surface area contributed by atoms with Crippen molar-refractivity contribution in [3.8, 4) is 0 Å². The number of aliphatic imine (C=N–C) groups is 1. The fourth-order valence-electron chi connectivity index (χ4n) is 2.38. The Balaban J connectivity index is 0.00000450. The summed E-state index contributed by atoms with van der Waals surface area (Å²) in [6.45, 7) is 3.31. The smallest absolute Gasteiger partial charge is 0.357 e. The molecule has 0 aliphatic rings. The van der Waals surface area contributed by atoms with Crippen molar-refractivity contribution < 1.29 is 18.0 Å². The van der Waals surface area contributed by atoms with E-state index in [1.54, 1.807) is 0 Å². The van der Waals surface area contributed by atoms with Crippen molar-refractivity contribution >= 4 is 47.2 Å². The van der Waals surface area contributed by atoms with Gasteiger partial charge in [0.1, 0.15) is 6.54 Å². The van der Waals surface area contributed by atoms with Crippen LogP contribution in [0.15, 0.2) is 40.7 Å². The number of amides is 1. The standard InChI is InChI=1S/C19H24F3N5OS.HI/c1-2-23-18(25-11-9-17-27-15(13-29-17)19(20,21)22)26-12-16(28)24-10-8-14-6-4-3-5-7-14;/h3-7,13H,2,8-12H2,1H3,(H,24,28)(H2,23,25,26);1H. The lowest BCUT2D eigenvalue weighted by Crippen LogP contribution is -2.39. The van der Waals surface area contributed by atoms with Crippen LogP contribution in [0.2, 0.25) is 0 Å². The van der Waals surface area contributed by atoms with Crippen molar-refractivity contribution in [2.24, 2.45) is 4.99 Å². The van der Waals surface area contributed by atoms with Crippen LogP contribution in [0.3, 0.4) is 0 Å². The highest BCUT2D eigenvalue weighted by atomic mass is 127. The van der Waals surface area contributed by atoms with Gasteiger partial charge >= 0.3 is 6.18 Å². The molecular weight excluding hydrogens is 530 g/mol. The molecule has 1 amide bonds. The summed E-state index contributed by atoms with van der Waals surface area (Å²) in [6, 6.07) is 9.84. The monoisotopic (exact) mass is 555 g/mol. The quantitative estimate of drug-likeness (QED) is 0.252. The van der Waals surface area contributed by atoms with E-state index in [0.717, 1.165) is 28.7 Å². The average molecular weight is 555 g/mol. The number of alkyl halides is 3. The van der Waals surface area contributed by atoms with Gasteiger partial charge in [0.15, 0.2) is 11.7 Å². The number of carbonyl (C=O) groups excluding carboxylic acids is 1. The number of hydrogen-bond acceptors (Lipinski definition) is 4. The van der Waals surface area contributed by atoms with Crippen LogP contribution >= 0.6 is 35.3 Å². The lowest BCUT2D eigenvalue weighted by Gasteiger charge is -2.10. The minimum absolute atomic E-state index is 0. The van der Waals surface area contributed by atoms with Crippen LogP contribution in [0.5, 0.6) is 0 Å². The molecule has 0 saturated heterocycles. The number of thiazole rings is 1. The fraction of sp³-hybridized carbons (Fsp3) is 0.421.